The predicted octanol–water partition coefficient (Wildman–Crippen LogP) is 4.32. The summed E-state index contributed by atoms with van der Waals surface area (Å²) in [7, 11) is 0. The molecule has 2 unspecified atom stereocenters. The van der Waals surface area contributed by atoms with E-state index in [1.807, 2.05) is 0 Å². The number of halogens is 1. The van der Waals surface area contributed by atoms with E-state index in [1.54, 1.807) is 0 Å². The summed E-state index contributed by atoms with van der Waals surface area (Å²) in [6, 6.07) is 0. The average molecular weight is 191 g/mol. The van der Waals surface area contributed by atoms with Crippen molar-refractivity contribution in [2.45, 2.75) is 52.8 Å². The second kappa shape index (κ2) is 4.50. The molecule has 0 spiro atoms. The predicted molar refractivity (Wildman–Crippen MR) is 57.7 cm³/mol. The van der Waals surface area contributed by atoms with Gasteiger partial charge in [-0.05, 0) is 38.0 Å². The normalized spacial score (nSPS) is 18.0. The Morgan fingerprint density at radius 3 is 1.75 bits per heavy atom. The molecule has 0 aromatic heterocycles. The van der Waals surface area contributed by atoms with Gasteiger partial charge in [0.2, 0.25) is 0 Å². The van der Waals surface area contributed by atoms with E-state index in [0.717, 1.165) is 24.2 Å². The molecule has 0 aromatic carbocycles. The van der Waals surface area contributed by atoms with Gasteiger partial charge in [-0.15, -0.1) is 11.6 Å². The minimum Gasteiger partial charge on any atom is -0.120 e. The fourth-order valence-electron chi connectivity index (χ4n) is 1.61. The Hall–Kier alpha value is 0.290. The van der Waals surface area contributed by atoms with Crippen LogP contribution in [0, 0.1) is 17.8 Å². The number of rotatable bonds is 4. The Kier molecular flexibility index (Phi) is 4.61. The summed E-state index contributed by atoms with van der Waals surface area (Å²) in [5, 5.41) is 0. The Morgan fingerprint density at radius 1 is 1.08 bits per heavy atom. The minimum absolute atomic E-state index is 0.0391. The average Bonchev–Trinajstić information content (AvgIpc) is 1.82. The van der Waals surface area contributed by atoms with Crippen molar-refractivity contribution in [2.24, 2.45) is 17.8 Å². The summed E-state index contributed by atoms with van der Waals surface area (Å²) in [5.41, 5.74) is 0. The van der Waals surface area contributed by atoms with Gasteiger partial charge in [-0.3, -0.25) is 0 Å². The minimum atomic E-state index is -0.0391. The molecule has 0 rings (SSSR count). The Balaban J connectivity index is 3.95. The summed E-state index contributed by atoms with van der Waals surface area (Å²) in [6.07, 6.45) is 1.11. The van der Waals surface area contributed by atoms with Crippen molar-refractivity contribution in [3.05, 3.63) is 0 Å². The van der Waals surface area contributed by atoms with Crippen LogP contribution in [-0.2, 0) is 0 Å². The van der Waals surface area contributed by atoms with E-state index in [2.05, 4.69) is 41.5 Å². The van der Waals surface area contributed by atoms with Crippen LogP contribution < -0.4 is 0 Å². The molecule has 0 saturated carbocycles. The molecule has 0 aromatic rings. The molecule has 0 aliphatic heterocycles. The number of hydrogen-bond acceptors (Lipinski definition) is 0. The monoisotopic (exact) mass is 190 g/mol. The SMILES string of the molecule is CC(C)C(C)C(C)CC(C)(C)Cl. The molecular formula is C11H23Cl. The quantitative estimate of drug-likeness (QED) is 0.580. The maximum absolute atomic E-state index is 6.18. The second-order valence-electron chi connectivity index (χ2n) is 5.00. The third-order valence-corrected chi connectivity index (χ3v) is 2.91. The third kappa shape index (κ3) is 5.03. The van der Waals surface area contributed by atoms with Gasteiger partial charge in [0, 0.05) is 4.87 Å². The highest BCUT2D eigenvalue weighted by molar-refractivity contribution is 6.23. The molecule has 0 aliphatic rings. The van der Waals surface area contributed by atoms with E-state index < -0.39 is 0 Å². The largest absolute Gasteiger partial charge is 0.120 e. The van der Waals surface area contributed by atoms with Crippen LogP contribution in [-0.4, -0.2) is 4.87 Å². The van der Waals surface area contributed by atoms with Gasteiger partial charge in [0.15, 0.2) is 0 Å². The van der Waals surface area contributed by atoms with E-state index in [-0.39, 0.29) is 4.87 Å². The fraction of sp³-hybridized carbons (Fsp3) is 1.00. The zero-order chi connectivity index (χ0) is 9.94. The molecule has 0 N–H and O–H groups in total. The Labute approximate surface area is 82.7 Å². The standard InChI is InChI=1S/C11H23Cl/c1-8(2)10(4)9(3)7-11(5,6)12/h8-10H,7H2,1-6H3. The molecule has 0 fully saturated rings. The molecular weight excluding hydrogens is 168 g/mol. The van der Waals surface area contributed by atoms with Crippen LogP contribution in [0.15, 0.2) is 0 Å². The zero-order valence-electron chi connectivity index (χ0n) is 9.32. The van der Waals surface area contributed by atoms with Crippen LogP contribution in [0.2, 0.25) is 0 Å². The highest BCUT2D eigenvalue weighted by atomic mass is 35.5. The fourth-order valence-corrected chi connectivity index (χ4v) is 1.85. The van der Waals surface area contributed by atoms with Crippen LogP contribution in [0.4, 0.5) is 0 Å². The zero-order valence-corrected chi connectivity index (χ0v) is 10.1. The van der Waals surface area contributed by atoms with Gasteiger partial charge in [0.05, 0.1) is 0 Å². The van der Waals surface area contributed by atoms with Crippen molar-refractivity contribution in [3.63, 3.8) is 0 Å². The maximum atomic E-state index is 6.18. The molecule has 74 valence electrons. The number of hydrogen-bond donors (Lipinski definition) is 0. The molecule has 0 amide bonds. The van der Waals surface area contributed by atoms with Gasteiger partial charge in [-0.25, -0.2) is 0 Å². The van der Waals surface area contributed by atoms with Gasteiger partial charge in [0.1, 0.15) is 0 Å². The van der Waals surface area contributed by atoms with E-state index in [9.17, 15) is 0 Å². The highest BCUT2D eigenvalue weighted by Crippen LogP contribution is 2.30. The van der Waals surface area contributed by atoms with Gasteiger partial charge >= 0.3 is 0 Å². The number of alkyl halides is 1. The summed E-state index contributed by atoms with van der Waals surface area (Å²) in [6.45, 7) is 13.4. The lowest BCUT2D eigenvalue weighted by Crippen LogP contribution is -2.22. The highest BCUT2D eigenvalue weighted by Gasteiger charge is 2.23. The first-order valence-electron chi connectivity index (χ1n) is 4.93. The summed E-state index contributed by atoms with van der Waals surface area (Å²) < 4.78 is 0. The van der Waals surface area contributed by atoms with E-state index in [0.29, 0.717) is 0 Å². The van der Waals surface area contributed by atoms with Gasteiger partial charge in [-0.2, -0.15) is 0 Å². The smallest absolute Gasteiger partial charge is 0.0393 e. The topological polar surface area (TPSA) is 0 Å². The lowest BCUT2D eigenvalue weighted by molar-refractivity contribution is 0.265. The molecule has 1 heteroatoms. The van der Waals surface area contributed by atoms with E-state index in [4.69, 9.17) is 11.6 Å². The first-order valence-corrected chi connectivity index (χ1v) is 5.30. The third-order valence-electron chi connectivity index (χ3n) is 2.76. The van der Waals surface area contributed by atoms with Gasteiger partial charge in [-0.1, -0.05) is 27.7 Å². The van der Waals surface area contributed by atoms with Crippen molar-refractivity contribution in [1.29, 1.82) is 0 Å². The van der Waals surface area contributed by atoms with Crippen molar-refractivity contribution in [1.82, 2.24) is 0 Å². The Morgan fingerprint density at radius 2 is 1.50 bits per heavy atom. The van der Waals surface area contributed by atoms with Crippen molar-refractivity contribution in [2.75, 3.05) is 0 Å². The summed E-state index contributed by atoms with van der Waals surface area (Å²) in [5.74, 6) is 2.25. The molecule has 0 heterocycles. The molecule has 0 saturated heterocycles. The molecule has 0 nitrogen and oxygen atoms in total. The summed E-state index contributed by atoms with van der Waals surface area (Å²) >= 11 is 6.18. The van der Waals surface area contributed by atoms with Crippen LogP contribution in [0.25, 0.3) is 0 Å². The van der Waals surface area contributed by atoms with Crippen LogP contribution in [0.3, 0.4) is 0 Å². The van der Waals surface area contributed by atoms with Crippen LogP contribution >= 0.6 is 11.6 Å². The molecule has 0 aliphatic carbocycles. The van der Waals surface area contributed by atoms with Gasteiger partial charge < -0.3 is 0 Å². The van der Waals surface area contributed by atoms with Gasteiger partial charge in [0.25, 0.3) is 0 Å². The lowest BCUT2D eigenvalue weighted by Gasteiger charge is -2.28. The lowest BCUT2D eigenvalue weighted by atomic mass is 9.81. The van der Waals surface area contributed by atoms with E-state index in [1.165, 1.54) is 0 Å². The van der Waals surface area contributed by atoms with Crippen molar-refractivity contribution >= 4 is 11.6 Å². The van der Waals surface area contributed by atoms with E-state index >= 15 is 0 Å². The van der Waals surface area contributed by atoms with Crippen molar-refractivity contribution in [3.8, 4) is 0 Å². The van der Waals surface area contributed by atoms with Crippen LogP contribution in [0.1, 0.15) is 48.0 Å². The second-order valence-corrected chi connectivity index (χ2v) is 6.03. The molecule has 2 atom stereocenters. The van der Waals surface area contributed by atoms with Crippen LogP contribution in [0.5, 0.6) is 0 Å². The molecule has 12 heavy (non-hydrogen) atoms. The summed E-state index contributed by atoms with van der Waals surface area (Å²) in [4.78, 5) is -0.0391. The molecule has 0 bridgehead atoms. The first-order chi connectivity index (χ1) is 5.24. The van der Waals surface area contributed by atoms with Crippen molar-refractivity contribution < 1.29 is 0 Å². The Bertz CT molecular complexity index is 121. The first kappa shape index (κ1) is 12.3. The maximum Gasteiger partial charge on any atom is 0.0393 e. The molecule has 0 radical (unpaired) electrons.